The lowest BCUT2D eigenvalue weighted by atomic mass is 9.78. The minimum atomic E-state index is -4.69. The molecule has 0 atom stereocenters. The van der Waals surface area contributed by atoms with Crippen LogP contribution in [0.1, 0.15) is 60.8 Å². The minimum absolute atomic E-state index is 0.236. The molecule has 1 fully saturated rings. The van der Waals surface area contributed by atoms with Gasteiger partial charge in [-0.1, -0.05) is 49.1 Å². The summed E-state index contributed by atoms with van der Waals surface area (Å²) in [5, 5.41) is 0. The number of benzene rings is 2. The van der Waals surface area contributed by atoms with E-state index in [9.17, 15) is 17.6 Å². The quantitative estimate of drug-likeness (QED) is 0.375. The SMILES string of the molecule is CCc1ccc([C@H]2CC[C@H](C=CC#Cc3ccc(C(F)(F)F)c(F)c3)CC2)cc1. The second-order valence-electron chi connectivity index (χ2n) is 7.53. The molecule has 0 N–H and O–H groups in total. The highest BCUT2D eigenvalue weighted by Gasteiger charge is 2.33. The largest absolute Gasteiger partial charge is 0.419 e. The number of alkyl halides is 3. The summed E-state index contributed by atoms with van der Waals surface area (Å²) >= 11 is 0. The molecule has 0 saturated heterocycles. The molecule has 0 nitrogen and oxygen atoms in total. The van der Waals surface area contributed by atoms with Crippen molar-refractivity contribution in [3.05, 3.63) is 82.7 Å². The average Bonchev–Trinajstić information content (AvgIpc) is 2.71. The highest BCUT2D eigenvalue weighted by molar-refractivity contribution is 5.40. The molecular weight excluding hydrogens is 376 g/mol. The van der Waals surface area contributed by atoms with E-state index in [1.807, 2.05) is 0 Å². The minimum Gasteiger partial charge on any atom is -0.206 e. The molecule has 1 saturated carbocycles. The maximum atomic E-state index is 13.6. The van der Waals surface area contributed by atoms with Crippen LogP contribution in [0, 0.1) is 23.6 Å². The average molecular weight is 400 g/mol. The standard InChI is InChI=1S/C25H24F4/c1-2-18-7-12-21(13-8-18)22-14-9-19(10-15-22)5-3-4-6-20-11-16-23(24(26)17-20)25(27,28)29/h3,5,7-8,11-13,16-17,19,22H,2,9-10,14-15H2,1H3/t19-,22-. The molecule has 152 valence electrons. The van der Waals surface area contributed by atoms with Gasteiger partial charge < -0.3 is 0 Å². The monoisotopic (exact) mass is 400 g/mol. The second-order valence-corrected chi connectivity index (χ2v) is 7.53. The van der Waals surface area contributed by atoms with Crippen molar-refractivity contribution in [1.82, 2.24) is 0 Å². The zero-order chi connectivity index (χ0) is 20.9. The van der Waals surface area contributed by atoms with Gasteiger partial charge in [0.05, 0.1) is 5.56 Å². The van der Waals surface area contributed by atoms with Crippen molar-refractivity contribution in [3.8, 4) is 11.8 Å². The van der Waals surface area contributed by atoms with Gasteiger partial charge in [0.2, 0.25) is 0 Å². The number of aryl methyl sites for hydroxylation is 1. The lowest BCUT2D eigenvalue weighted by molar-refractivity contribution is -0.140. The molecular formula is C25H24F4. The van der Waals surface area contributed by atoms with Crippen molar-refractivity contribution in [1.29, 1.82) is 0 Å². The first kappa shape index (κ1) is 21.2. The Morgan fingerprint density at radius 3 is 2.28 bits per heavy atom. The molecule has 0 unspecified atom stereocenters. The van der Waals surface area contributed by atoms with E-state index in [1.165, 1.54) is 17.2 Å². The highest BCUT2D eigenvalue weighted by Crippen LogP contribution is 2.36. The van der Waals surface area contributed by atoms with Gasteiger partial charge in [-0.25, -0.2) is 4.39 Å². The number of allylic oxidation sites excluding steroid dienone is 2. The highest BCUT2D eigenvalue weighted by atomic mass is 19.4. The summed E-state index contributed by atoms with van der Waals surface area (Å²) in [6.07, 6.45) is 4.61. The zero-order valence-electron chi connectivity index (χ0n) is 16.4. The van der Waals surface area contributed by atoms with Gasteiger partial charge in [0, 0.05) is 5.56 Å². The fourth-order valence-electron chi connectivity index (χ4n) is 3.80. The molecule has 0 radical (unpaired) electrons. The third kappa shape index (κ3) is 5.73. The zero-order valence-corrected chi connectivity index (χ0v) is 16.4. The van der Waals surface area contributed by atoms with Crippen LogP contribution in [0.3, 0.4) is 0 Å². The van der Waals surface area contributed by atoms with Crippen molar-refractivity contribution < 1.29 is 17.6 Å². The van der Waals surface area contributed by atoms with Crippen LogP contribution in [0.25, 0.3) is 0 Å². The Kier molecular flexibility index (Phi) is 6.79. The summed E-state index contributed by atoms with van der Waals surface area (Å²) in [5.41, 5.74) is 1.74. The summed E-state index contributed by atoms with van der Waals surface area (Å²) in [7, 11) is 0. The van der Waals surface area contributed by atoms with Crippen LogP contribution in [0.4, 0.5) is 17.6 Å². The fraction of sp³-hybridized carbons (Fsp3) is 0.360. The maximum Gasteiger partial charge on any atom is 0.419 e. The maximum absolute atomic E-state index is 13.6. The molecule has 4 heteroatoms. The normalized spacial score (nSPS) is 19.8. The smallest absolute Gasteiger partial charge is 0.206 e. The van der Waals surface area contributed by atoms with Crippen molar-refractivity contribution in [2.45, 2.75) is 51.1 Å². The van der Waals surface area contributed by atoms with E-state index < -0.39 is 17.6 Å². The first-order valence-corrected chi connectivity index (χ1v) is 10.0. The molecule has 0 spiro atoms. The van der Waals surface area contributed by atoms with E-state index in [1.54, 1.807) is 6.08 Å². The summed E-state index contributed by atoms with van der Waals surface area (Å²) in [4.78, 5) is 0. The molecule has 3 rings (SSSR count). The molecule has 0 amide bonds. The molecule has 0 aromatic heterocycles. The Morgan fingerprint density at radius 1 is 1.00 bits per heavy atom. The first-order valence-electron chi connectivity index (χ1n) is 10.0. The van der Waals surface area contributed by atoms with Crippen LogP contribution >= 0.6 is 0 Å². The summed E-state index contributed by atoms with van der Waals surface area (Å²) in [5.74, 6) is 5.29. The molecule has 2 aromatic carbocycles. The van der Waals surface area contributed by atoms with Crippen LogP contribution in [0.5, 0.6) is 0 Å². The van der Waals surface area contributed by atoms with E-state index in [0.29, 0.717) is 11.8 Å². The molecule has 0 bridgehead atoms. The predicted molar refractivity (Wildman–Crippen MR) is 108 cm³/mol. The van der Waals surface area contributed by atoms with Gasteiger partial charge in [-0.15, -0.1) is 0 Å². The van der Waals surface area contributed by atoms with Crippen molar-refractivity contribution in [2.75, 3.05) is 0 Å². The molecule has 1 aliphatic carbocycles. The topological polar surface area (TPSA) is 0 Å². The molecule has 2 aromatic rings. The Balaban J connectivity index is 1.53. The first-order chi connectivity index (χ1) is 13.9. The number of hydrogen-bond acceptors (Lipinski definition) is 0. The van der Waals surface area contributed by atoms with Crippen LogP contribution in [-0.2, 0) is 12.6 Å². The Labute approximate surface area is 169 Å². The van der Waals surface area contributed by atoms with Crippen LogP contribution in [0.15, 0.2) is 54.6 Å². The van der Waals surface area contributed by atoms with Crippen molar-refractivity contribution in [2.24, 2.45) is 5.92 Å². The van der Waals surface area contributed by atoms with E-state index in [2.05, 4.69) is 49.1 Å². The third-order valence-electron chi connectivity index (χ3n) is 5.57. The Hall–Kier alpha value is -2.54. The summed E-state index contributed by atoms with van der Waals surface area (Å²) in [6, 6.07) is 11.7. The third-order valence-corrected chi connectivity index (χ3v) is 5.57. The van der Waals surface area contributed by atoms with Gasteiger partial charge in [-0.2, -0.15) is 13.2 Å². The van der Waals surface area contributed by atoms with E-state index in [-0.39, 0.29) is 5.56 Å². The van der Waals surface area contributed by atoms with Crippen molar-refractivity contribution in [3.63, 3.8) is 0 Å². The van der Waals surface area contributed by atoms with Gasteiger partial charge in [0.15, 0.2) is 0 Å². The fourth-order valence-corrected chi connectivity index (χ4v) is 3.80. The number of rotatable bonds is 3. The van der Waals surface area contributed by atoms with E-state index >= 15 is 0 Å². The Bertz CT molecular complexity index is 903. The van der Waals surface area contributed by atoms with Gasteiger partial charge in [0.1, 0.15) is 5.82 Å². The second kappa shape index (κ2) is 9.31. The molecule has 0 heterocycles. The molecule has 29 heavy (non-hydrogen) atoms. The number of halogens is 4. The van der Waals surface area contributed by atoms with E-state index in [4.69, 9.17) is 0 Å². The number of hydrogen-bond donors (Lipinski definition) is 0. The van der Waals surface area contributed by atoms with Crippen LogP contribution < -0.4 is 0 Å². The van der Waals surface area contributed by atoms with Crippen LogP contribution in [-0.4, -0.2) is 0 Å². The van der Waals surface area contributed by atoms with Crippen molar-refractivity contribution >= 4 is 0 Å². The van der Waals surface area contributed by atoms with E-state index in [0.717, 1.165) is 44.2 Å². The summed E-state index contributed by atoms with van der Waals surface area (Å²) in [6.45, 7) is 2.16. The summed E-state index contributed by atoms with van der Waals surface area (Å²) < 4.78 is 51.3. The molecule has 0 aliphatic heterocycles. The van der Waals surface area contributed by atoms with Gasteiger partial charge >= 0.3 is 6.18 Å². The van der Waals surface area contributed by atoms with Crippen LogP contribution in [0.2, 0.25) is 0 Å². The lowest BCUT2D eigenvalue weighted by Crippen LogP contribution is -2.11. The van der Waals surface area contributed by atoms with Gasteiger partial charge in [-0.3, -0.25) is 0 Å². The lowest BCUT2D eigenvalue weighted by Gasteiger charge is -2.27. The predicted octanol–water partition coefficient (Wildman–Crippen LogP) is 7.29. The Morgan fingerprint density at radius 2 is 1.69 bits per heavy atom. The van der Waals surface area contributed by atoms with Gasteiger partial charge in [0.25, 0.3) is 0 Å². The van der Waals surface area contributed by atoms with Gasteiger partial charge in [-0.05, 0) is 79.3 Å². The molecule has 1 aliphatic rings.